The number of nitrogens with one attached hydrogen (secondary N) is 1. The van der Waals surface area contributed by atoms with E-state index in [1.54, 1.807) is 0 Å². The Balaban J connectivity index is 2.25. The molecule has 3 N–H and O–H groups in total. The van der Waals surface area contributed by atoms with Gasteiger partial charge in [-0.25, -0.2) is 4.98 Å². The molecule has 0 radical (unpaired) electrons. The molecule has 1 aromatic rings. The highest BCUT2D eigenvalue weighted by molar-refractivity contribution is 9.10. The average Bonchev–Trinajstić information content (AvgIpc) is 2.73. The van der Waals surface area contributed by atoms with Crippen LogP contribution in [0.15, 0.2) is 15.6 Å². The van der Waals surface area contributed by atoms with Gasteiger partial charge in [0.2, 0.25) is 0 Å². The second kappa shape index (κ2) is 7.78. The topological polar surface area (TPSA) is 75.0 Å². The first-order valence-corrected chi connectivity index (χ1v) is 8.23. The smallest absolute Gasteiger partial charge is 0.267 e. The summed E-state index contributed by atoms with van der Waals surface area (Å²) in [6, 6.07) is 0.467. The van der Waals surface area contributed by atoms with Gasteiger partial charge in [-0.3, -0.25) is 4.79 Å². The van der Waals surface area contributed by atoms with E-state index in [0.29, 0.717) is 17.1 Å². The van der Waals surface area contributed by atoms with Gasteiger partial charge in [-0.05, 0) is 41.7 Å². The van der Waals surface area contributed by atoms with Crippen LogP contribution in [0.5, 0.6) is 0 Å². The second-order valence-corrected chi connectivity index (χ2v) is 6.14. The summed E-state index contributed by atoms with van der Waals surface area (Å²) in [4.78, 5) is 21.0. The first-order chi connectivity index (χ1) is 9.74. The fourth-order valence-electron chi connectivity index (χ4n) is 2.87. The first kappa shape index (κ1) is 15.5. The molecule has 0 saturated heterocycles. The molecule has 0 unspecified atom stereocenters. The Kier molecular flexibility index (Phi) is 6.04. The van der Waals surface area contributed by atoms with Gasteiger partial charge in [-0.1, -0.05) is 25.7 Å². The van der Waals surface area contributed by atoms with Crippen LogP contribution < -0.4 is 16.2 Å². The Bertz CT molecular complexity index is 468. The summed E-state index contributed by atoms with van der Waals surface area (Å²) in [5.41, 5.74) is 5.53. The summed E-state index contributed by atoms with van der Waals surface area (Å²) >= 11 is 3.38. The number of nitrogens with two attached hydrogens (primary N) is 1. The van der Waals surface area contributed by atoms with Crippen molar-refractivity contribution in [1.82, 2.24) is 9.97 Å². The lowest BCUT2D eigenvalue weighted by Crippen LogP contribution is -2.38. The summed E-state index contributed by atoms with van der Waals surface area (Å²) in [5.74, 6) is 0.758. The minimum Gasteiger partial charge on any atom is -0.352 e. The number of halogens is 1. The molecule has 0 atom stereocenters. The minimum absolute atomic E-state index is 0.124. The molecule has 1 fully saturated rings. The fourth-order valence-corrected chi connectivity index (χ4v) is 3.31. The summed E-state index contributed by atoms with van der Waals surface area (Å²) in [5, 5.41) is 0. The van der Waals surface area contributed by atoms with Crippen LogP contribution in [0.1, 0.15) is 44.9 Å². The van der Waals surface area contributed by atoms with E-state index in [4.69, 9.17) is 5.73 Å². The molecule has 20 heavy (non-hydrogen) atoms. The van der Waals surface area contributed by atoms with E-state index in [9.17, 15) is 4.79 Å². The number of hydrogen-bond donors (Lipinski definition) is 2. The first-order valence-electron chi connectivity index (χ1n) is 7.44. The van der Waals surface area contributed by atoms with Crippen LogP contribution in [0, 0.1) is 0 Å². The highest BCUT2D eigenvalue weighted by Crippen LogP contribution is 2.28. The summed E-state index contributed by atoms with van der Waals surface area (Å²) in [7, 11) is 0. The van der Waals surface area contributed by atoms with Crippen LogP contribution in [-0.4, -0.2) is 29.1 Å². The molecule has 0 amide bonds. The fraction of sp³-hybridized carbons (Fsp3) is 0.714. The van der Waals surface area contributed by atoms with E-state index < -0.39 is 0 Å². The van der Waals surface area contributed by atoms with Crippen LogP contribution >= 0.6 is 15.9 Å². The van der Waals surface area contributed by atoms with Gasteiger partial charge in [-0.15, -0.1) is 0 Å². The quantitative estimate of drug-likeness (QED) is 0.805. The van der Waals surface area contributed by atoms with Gasteiger partial charge in [0.15, 0.2) is 5.82 Å². The van der Waals surface area contributed by atoms with Crippen molar-refractivity contribution in [2.75, 3.05) is 18.0 Å². The summed E-state index contributed by atoms with van der Waals surface area (Å²) < 4.78 is 0.529. The Morgan fingerprint density at radius 1 is 1.35 bits per heavy atom. The molecule has 1 aromatic heterocycles. The predicted octanol–water partition coefficient (Wildman–Crippen LogP) is 2.41. The van der Waals surface area contributed by atoms with Gasteiger partial charge >= 0.3 is 0 Å². The van der Waals surface area contributed by atoms with Crippen LogP contribution in [0.2, 0.25) is 0 Å². The number of aromatic amines is 1. The van der Waals surface area contributed by atoms with Gasteiger partial charge in [-0.2, -0.15) is 0 Å². The molecule has 0 aliphatic heterocycles. The molecule has 1 saturated carbocycles. The van der Waals surface area contributed by atoms with Crippen molar-refractivity contribution in [1.29, 1.82) is 0 Å². The van der Waals surface area contributed by atoms with Crippen molar-refractivity contribution < 1.29 is 0 Å². The Morgan fingerprint density at radius 2 is 2.05 bits per heavy atom. The lowest BCUT2D eigenvalue weighted by molar-refractivity contribution is 0.513. The number of hydrogen-bond acceptors (Lipinski definition) is 4. The minimum atomic E-state index is -0.124. The van der Waals surface area contributed by atoms with Crippen molar-refractivity contribution in [3.63, 3.8) is 0 Å². The van der Waals surface area contributed by atoms with Gasteiger partial charge in [0.1, 0.15) is 4.47 Å². The number of rotatable bonds is 5. The molecule has 0 bridgehead atoms. The highest BCUT2D eigenvalue weighted by Gasteiger charge is 2.23. The summed E-state index contributed by atoms with van der Waals surface area (Å²) in [6.07, 6.45) is 9.87. The lowest BCUT2D eigenvalue weighted by atomic mass is 10.1. The molecule has 5 nitrogen and oxygen atoms in total. The van der Waals surface area contributed by atoms with E-state index in [2.05, 4.69) is 30.8 Å². The Labute approximate surface area is 128 Å². The normalized spacial score (nSPS) is 16.9. The number of nitrogens with zero attached hydrogens (tertiary/aromatic N) is 2. The molecule has 1 aliphatic rings. The third-order valence-electron chi connectivity index (χ3n) is 3.92. The largest absolute Gasteiger partial charge is 0.352 e. The zero-order valence-electron chi connectivity index (χ0n) is 11.8. The number of anilines is 1. The van der Waals surface area contributed by atoms with Crippen LogP contribution in [-0.2, 0) is 0 Å². The zero-order valence-corrected chi connectivity index (χ0v) is 13.4. The average molecular weight is 343 g/mol. The van der Waals surface area contributed by atoms with E-state index in [0.717, 1.165) is 18.8 Å². The van der Waals surface area contributed by atoms with E-state index >= 15 is 0 Å². The molecular weight excluding hydrogens is 320 g/mol. The molecule has 112 valence electrons. The van der Waals surface area contributed by atoms with Crippen LogP contribution in [0.4, 0.5) is 5.82 Å². The third kappa shape index (κ3) is 3.82. The Morgan fingerprint density at radius 3 is 2.70 bits per heavy atom. The third-order valence-corrected chi connectivity index (χ3v) is 4.63. The molecule has 1 aliphatic carbocycles. The maximum atomic E-state index is 11.8. The maximum Gasteiger partial charge on any atom is 0.267 e. The molecule has 2 rings (SSSR count). The summed E-state index contributed by atoms with van der Waals surface area (Å²) in [6.45, 7) is 1.51. The highest BCUT2D eigenvalue weighted by atomic mass is 79.9. The molecule has 0 spiro atoms. The Hall–Kier alpha value is -0.880. The van der Waals surface area contributed by atoms with E-state index in [1.807, 2.05) is 0 Å². The van der Waals surface area contributed by atoms with Gasteiger partial charge < -0.3 is 15.6 Å². The SMILES string of the molecule is NCCCN(c1nc[nH]c(=O)c1Br)C1CCCCCC1. The zero-order chi connectivity index (χ0) is 14.4. The lowest BCUT2D eigenvalue weighted by Gasteiger charge is -2.32. The van der Waals surface area contributed by atoms with Crippen LogP contribution in [0.3, 0.4) is 0 Å². The van der Waals surface area contributed by atoms with Crippen molar-refractivity contribution in [2.45, 2.75) is 51.0 Å². The molecule has 1 heterocycles. The standard InChI is InChI=1S/C14H23BrN4O/c15-12-13(17-10-18-14(12)20)19(9-5-8-16)11-6-3-1-2-4-7-11/h10-11H,1-9,16H2,(H,17,18,20). The van der Waals surface area contributed by atoms with Crippen molar-refractivity contribution >= 4 is 21.7 Å². The van der Waals surface area contributed by atoms with Crippen molar-refractivity contribution in [3.8, 4) is 0 Å². The van der Waals surface area contributed by atoms with Gasteiger partial charge in [0, 0.05) is 12.6 Å². The molecule has 0 aromatic carbocycles. The predicted molar refractivity (Wildman–Crippen MR) is 85.1 cm³/mol. The van der Waals surface area contributed by atoms with Gasteiger partial charge in [0.25, 0.3) is 5.56 Å². The number of H-pyrrole nitrogens is 1. The van der Waals surface area contributed by atoms with E-state index in [1.165, 1.54) is 44.9 Å². The van der Waals surface area contributed by atoms with Crippen LogP contribution in [0.25, 0.3) is 0 Å². The molecular formula is C14H23BrN4O. The maximum absolute atomic E-state index is 11.8. The molecule has 6 heteroatoms. The van der Waals surface area contributed by atoms with Gasteiger partial charge in [0.05, 0.1) is 6.33 Å². The van der Waals surface area contributed by atoms with Crippen molar-refractivity contribution in [3.05, 3.63) is 21.2 Å². The van der Waals surface area contributed by atoms with Crippen molar-refractivity contribution in [2.24, 2.45) is 5.73 Å². The monoisotopic (exact) mass is 342 g/mol. The van der Waals surface area contributed by atoms with E-state index in [-0.39, 0.29) is 5.56 Å². The number of aromatic nitrogens is 2. The second-order valence-electron chi connectivity index (χ2n) is 5.35.